The lowest BCUT2D eigenvalue weighted by molar-refractivity contribution is -0.192. The highest BCUT2D eigenvalue weighted by Crippen LogP contribution is 2.35. The van der Waals surface area contributed by atoms with Crippen molar-refractivity contribution in [3.8, 4) is 10.9 Å². The molecule has 3 fully saturated rings. The number of piperidine rings is 2. The van der Waals surface area contributed by atoms with Gasteiger partial charge >= 0.3 is 18.2 Å². The molecule has 0 saturated carbocycles. The minimum absolute atomic E-state index is 0.191. The zero-order chi connectivity index (χ0) is 30.2. The Balaban J connectivity index is 0.000000451. The van der Waals surface area contributed by atoms with Gasteiger partial charge in [0.05, 0.1) is 11.0 Å². The topological polar surface area (TPSA) is 118 Å². The van der Waals surface area contributed by atoms with Gasteiger partial charge in [0, 0.05) is 54.9 Å². The monoisotopic (exact) mass is 606 g/mol. The van der Waals surface area contributed by atoms with Gasteiger partial charge in [-0.3, -0.25) is 4.90 Å². The van der Waals surface area contributed by atoms with Crippen LogP contribution in [0.4, 0.5) is 18.0 Å². The summed E-state index contributed by atoms with van der Waals surface area (Å²) in [5.41, 5.74) is 2.15. The quantitative estimate of drug-likeness (QED) is 0.280. The molecule has 6 heterocycles. The second-order valence-corrected chi connectivity index (χ2v) is 12.1. The number of aliphatic carboxylic acids is 1. The summed E-state index contributed by atoms with van der Waals surface area (Å²) < 4.78 is 50.2. The van der Waals surface area contributed by atoms with Crippen LogP contribution in [0.5, 0.6) is 10.9 Å². The van der Waals surface area contributed by atoms with Gasteiger partial charge in [0.1, 0.15) is 16.9 Å². The minimum Gasteiger partial charge on any atom is -0.475 e. The molecule has 7 rings (SSSR count). The first-order valence-electron chi connectivity index (χ1n) is 13.2. The average molecular weight is 607 g/mol. The highest BCUT2D eigenvalue weighted by atomic mass is 32.1. The molecule has 42 heavy (non-hydrogen) atoms. The SMILES string of the molecule is CC(C)(C)OC(=O)N1C[C@@H]2CC[C@H]1CN2Cc1coc2cc(Oc3nc4ncccc4s3)ccc12.O=C(O)C(F)(F)F. The fourth-order valence-corrected chi connectivity index (χ4v) is 5.81. The molecule has 224 valence electrons. The maximum Gasteiger partial charge on any atom is 0.490 e. The first-order chi connectivity index (χ1) is 19.8. The number of ether oxygens (including phenoxy) is 2. The lowest BCUT2D eigenvalue weighted by atomic mass is 9.90. The lowest BCUT2D eigenvalue weighted by Gasteiger charge is -2.51. The van der Waals surface area contributed by atoms with Crippen LogP contribution in [0.3, 0.4) is 0 Å². The van der Waals surface area contributed by atoms with E-state index in [0.717, 1.165) is 47.2 Å². The molecule has 3 saturated heterocycles. The number of benzene rings is 1. The largest absolute Gasteiger partial charge is 0.490 e. The van der Waals surface area contributed by atoms with Gasteiger partial charge in [0.2, 0.25) is 0 Å². The molecule has 4 aromatic rings. The second kappa shape index (κ2) is 11.4. The first-order valence-corrected chi connectivity index (χ1v) is 14.0. The summed E-state index contributed by atoms with van der Waals surface area (Å²) in [5.74, 6) is -2.07. The Morgan fingerprint density at radius 1 is 1.14 bits per heavy atom. The number of hydrogen-bond donors (Lipinski definition) is 1. The summed E-state index contributed by atoms with van der Waals surface area (Å²) >= 11 is 1.47. The number of amides is 1. The van der Waals surface area contributed by atoms with E-state index in [1.165, 1.54) is 11.3 Å². The molecule has 1 amide bonds. The van der Waals surface area contributed by atoms with Crippen molar-refractivity contribution in [3.05, 3.63) is 48.4 Å². The van der Waals surface area contributed by atoms with Crippen molar-refractivity contribution < 1.29 is 41.8 Å². The molecular weight excluding hydrogens is 577 g/mol. The smallest absolute Gasteiger partial charge is 0.475 e. The Morgan fingerprint density at radius 3 is 2.52 bits per heavy atom. The Labute approximate surface area is 242 Å². The third-order valence-electron chi connectivity index (χ3n) is 6.86. The van der Waals surface area contributed by atoms with E-state index in [-0.39, 0.29) is 12.1 Å². The molecule has 3 aliphatic heterocycles. The average Bonchev–Trinajstić information content (AvgIpc) is 3.51. The highest BCUT2D eigenvalue weighted by Gasteiger charge is 2.42. The number of halogens is 3. The van der Waals surface area contributed by atoms with Gasteiger partial charge in [-0.1, -0.05) is 11.3 Å². The second-order valence-electron chi connectivity index (χ2n) is 11.1. The Hall–Kier alpha value is -3.91. The van der Waals surface area contributed by atoms with E-state index in [0.29, 0.717) is 29.2 Å². The van der Waals surface area contributed by atoms with E-state index in [4.69, 9.17) is 23.8 Å². The van der Waals surface area contributed by atoms with Crippen LogP contribution in [0.15, 0.2) is 47.2 Å². The summed E-state index contributed by atoms with van der Waals surface area (Å²) in [7, 11) is 0. The van der Waals surface area contributed by atoms with Crippen LogP contribution in [0, 0.1) is 0 Å². The van der Waals surface area contributed by atoms with Gasteiger partial charge in [-0.25, -0.2) is 14.6 Å². The van der Waals surface area contributed by atoms with E-state index in [1.807, 2.05) is 62.3 Å². The van der Waals surface area contributed by atoms with Crippen LogP contribution in [0.25, 0.3) is 21.3 Å². The van der Waals surface area contributed by atoms with Crippen LogP contribution in [-0.2, 0) is 16.1 Å². The molecule has 3 aromatic heterocycles. The number of pyridine rings is 1. The van der Waals surface area contributed by atoms with Gasteiger partial charge in [-0.15, -0.1) is 0 Å². The van der Waals surface area contributed by atoms with Crippen LogP contribution in [0.1, 0.15) is 39.2 Å². The zero-order valence-electron chi connectivity index (χ0n) is 23.1. The van der Waals surface area contributed by atoms with Crippen molar-refractivity contribution in [1.82, 2.24) is 19.8 Å². The predicted molar refractivity (Wildman–Crippen MR) is 148 cm³/mol. The van der Waals surface area contributed by atoms with Gasteiger partial charge in [0.15, 0.2) is 5.65 Å². The minimum atomic E-state index is -5.08. The van der Waals surface area contributed by atoms with Crippen molar-refractivity contribution in [2.24, 2.45) is 0 Å². The summed E-state index contributed by atoms with van der Waals surface area (Å²) in [6.07, 6.45) is 0.399. The lowest BCUT2D eigenvalue weighted by Crippen LogP contribution is -2.63. The summed E-state index contributed by atoms with van der Waals surface area (Å²) in [4.78, 5) is 34.7. The standard InChI is InChI=1S/C26H28N4O4S.C2HF3O2/c1-26(2,3)34-25(31)30-14-17-6-7-18(30)13-29(17)12-16-15-32-21-11-19(8-9-20(16)21)33-24-28-23-22(35-24)5-4-10-27-23;3-2(4,5)1(6)7/h4-5,8-11,15,17-18H,6-7,12-14H2,1-3H3;(H,6,7)/t17-,18-;/m0./s1. The van der Waals surface area contributed by atoms with Crippen molar-refractivity contribution in [2.75, 3.05) is 13.1 Å². The Bertz CT molecular complexity index is 1560. The number of carbonyl (C=O) groups is 2. The highest BCUT2D eigenvalue weighted by molar-refractivity contribution is 7.20. The van der Waals surface area contributed by atoms with E-state index in [2.05, 4.69) is 14.9 Å². The van der Waals surface area contributed by atoms with E-state index >= 15 is 0 Å². The molecule has 14 heteroatoms. The number of nitrogens with zero attached hydrogens (tertiary/aromatic N) is 4. The van der Waals surface area contributed by atoms with E-state index in [1.54, 1.807) is 6.20 Å². The van der Waals surface area contributed by atoms with Crippen LogP contribution >= 0.6 is 11.3 Å². The molecule has 0 aliphatic carbocycles. The molecule has 0 spiro atoms. The molecular formula is C28H29F3N4O6S. The van der Waals surface area contributed by atoms with Crippen LogP contribution < -0.4 is 4.74 Å². The summed E-state index contributed by atoms with van der Waals surface area (Å²) in [6, 6.07) is 10.3. The van der Waals surface area contributed by atoms with Crippen molar-refractivity contribution >= 4 is 44.7 Å². The van der Waals surface area contributed by atoms with Gasteiger partial charge in [-0.2, -0.15) is 18.2 Å². The number of carboxylic acids is 1. The molecule has 10 nitrogen and oxygen atoms in total. The van der Waals surface area contributed by atoms with Crippen LogP contribution in [0.2, 0.25) is 0 Å². The number of piperazine rings is 1. The number of carbonyl (C=O) groups excluding carboxylic acids is 1. The Kier molecular flexibility index (Phi) is 8.03. The normalized spacial score (nSPS) is 19.0. The molecule has 2 atom stereocenters. The van der Waals surface area contributed by atoms with Crippen molar-refractivity contribution in [2.45, 2.75) is 64.0 Å². The molecule has 1 aromatic carbocycles. The van der Waals surface area contributed by atoms with E-state index < -0.39 is 17.7 Å². The number of furan rings is 1. The summed E-state index contributed by atoms with van der Waals surface area (Å²) in [6.45, 7) is 8.09. The van der Waals surface area contributed by atoms with Gasteiger partial charge < -0.3 is 23.9 Å². The van der Waals surface area contributed by atoms with Crippen molar-refractivity contribution in [1.29, 1.82) is 0 Å². The molecule has 2 bridgehead atoms. The fraction of sp³-hybridized carbons (Fsp3) is 0.429. The van der Waals surface area contributed by atoms with Gasteiger partial charge in [-0.05, 0) is 57.9 Å². The first kappa shape index (κ1) is 29.6. The number of hydrogen-bond acceptors (Lipinski definition) is 9. The number of carboxylic acid groups (broad SMARTS) is 1. The molecule has 3 aliphatic rings. The third kappa shape index (κ3) is 6.76. The molecule has 0 unspecified atom stereocenters. The number of alkyl halides is 3. The molecule has 0 radical (unpaired) electrons. The number of fused-ring (bicyclic) bond motifs is 5. The number of rotatable bonds is 4. The third-order valence-corrected chi connectivity index (χ3v) is 7.75. The van der Waals surface area contributed by atoms with E-state index in [9.17, 15) is 18.0 Å². The number of aromatic nitrogens is 2. The molecule has 1 N–H and O–H groups in total. The summed E-state index contributed by atoms with van der Waals surface area (Å²) in [5, 5.41) is 8.76. The number of thiazole rings is 1. The zero-order valence-corrected chi connectivity index (χ0v) is 23.9. The van der Waals surface area contributed by atoms with Crippen molar-refractivity contribution in [3.63, 3.8) is 0 Å². The Morgan fingerprint density at radius 2 is 1.88 bits per heavy atom. The predicted octanol–water partition coefficient (Wildman–Crippen LogP) is 6.45. The van der Waals surface area contributed by atoms with Gasteiger partial charge in [0.25, 0.3) is 5.19 Å². The fourth-order valence-electron chi connectivity index (χ4n) is 5.02. The maximum atomic E-state index is 12.7. The van der Waals surface area contributed by atoms with Crippen LogP contribution in [-0.4, -0.2) is 73.9 Å². The maximum absolute atomic E-state index is 12.7.